The van der Waals surface area contributed by atoms with Crippen LogP contribution in [-0.2, 0) is 4.79 Å². The van der Waals surface area contributed by atoms with Crippen molar-refractivity contribution >= 4 is 23.2 Å². The van der Waals surface area contributed by atoms with Crippen LogP contribution in [0.25, 0.3) is 11.6 Å². The monoisotopic (exact) mass is 413 g/mol. The minimum absolute atomic E-state index is 0.0116. The fraction of sp³-hybridized carbons (Fsp3) is 0.318. The molecule has 7 nitrogen and oxygen atoms in total. The lowest BCUT2D eigenvalue weighted by Crippen LogP contribution is -2.46. The summed E-state index contributed by atoms with van der Waals surface area (Å²) in [5.74, 6) is 4.78. The van der Waals surface area contributed by atoms with Crippen LogP contribution in [0.1, 0.15) is 30.7 Å². The number of carbonyl (C=O) groups is 1. The highest BCUT2D eigenvalue weighted by Gasteiger charge is 2.29. The molecule has 0 radical (unpaired) electrons. The smallest absolute Gasteiger partial charge is 0.256 e. The molecule has 2 heterocycles. The molecule has 0 saturated carbocycles. The van der Waals surface area contributed by atoms with Gasteiger partial charge in [0.05, 0.1) is 41.8 Å². The molecule has 3 atom stereocenters. The molecule has 0 spiro atoms. The normalized spacial score (nSPS) is 17.0. The average Bonchev–Trinajstić information content (AvgIpc) is 3.29. The molecular weight excluding hydrogens is 389 g/mol. The van der Waals surface area contributed by atoms with Gasteiger partial charge in [-0.2, -0.15) is 0 Å². The van der Waals surface area contributed by atoms with Crippen LogP contribution in [0.5, 0.6) is 5.75 Å². The molecule has 0 unspecified atom stereocenters. The van der Waals surface area contributed by atoms with Crippen molar-refractivity contribution in [1.29, 1.82) is 0 Å². The molecule has 0 fully saturated rings. The first kappa shape index (κ1) is 21.6. The Balaban J connectivity index is 2.06. The summed E-state index contributed by atoms with van der Waals surface area (Å²) in [4.78, 5) is 15.5. The highest BCUT2D eigenvalue weighted by Crippen LogP contribution is 2.37. The zero-order chi connectivity index (χ0) is 21.8. The summed E-state index contributed by atoms with van der Waals surface area (Å²) in [7, 11) is 1.51. The predicted molar refractivity (Wildman–Crippen MR) is 112 cm³/mol. The summed E-state index contributed by atoms with van der Waals surface area (Å²) in [6, 6.07) is 3.69. The van der Waals surface area contributed by atoms with Crippen molar-refractivity contribution in [3.8, 4) is 17.6 Å². The van der Waals surface area contributed by atoms with Crippen molar-refractivity contribution < 1.29 is 24.1 Å². The van der Waals surface area contributed by atoms with Crippen LogP contribution in [0.2, 0.25) is 0 Å². The van der Waals surface area contributed by atoms with Gasteiger partial charge in [-0.3, -0.25) is 4.79 Å². The Kier molecular flexibility index (Phi) is 6.57. The van der Waals surface area contributed by atoms with E-state index in [1.165, 1.54) is 26.2 Å². The fourth-order valence-corrected chi connectivity index (χ4v) is 3.35. The molecular formula is C22H24FN3O4. The second-order valence-corrected chi connectivity index (χ2v) is 6.86. The van der Waals surface area contributed by atoms with E-state index in [9.17, 15) is 19.4 Å². The minimum Gasteiger partial charge on any atom is -0.495 e. The zero-order valence-electron chi connectivity index (χ0n) is 16.9. The van der Waals surface area contributed by atoms with Crippen molar-refractivity contribution in [2.24, 2.45) is 0 Å². The van der Waals surface area contributed by atoms with E-state index in [2.05, 4.69) is 27.5 Å². The van der Waals surface area contributed by atoms with Gasteiger partial charge in [-0.25, -0.2) is 4.39 Å². The third kappa shape index (κ3) is 4.24. The maximum absolute atomic E-state index is 14.7. The first-order valence-corrected chi connectivity index (χ1v) is 9.55. The van der Waals surface area contributed by atoms with Crippen molar-refractivity contribution in [3.63, 3.8) is 0 Å². The lowest BCUT2D eigenvalue weighted by atomic mass is 9.98. The molecule has 1 aromatic carbocycles. The van der Waals surface area contributed by atoms with Crippen LogP contribution >= 0.6 is 0 Å². The van der Waals surface area contributed by atoms with Crippen molar-refractivity contribution in [2.75, 3.05) is 19.0 Å². The maximum atomic E-state index is 14.7. The molecule has 5 N–H and O–H groups in total. The van der Waals surface area contributed by atoms with Gasteiger partial charge in [0.2, 0.25) is 0 Å². The second-order valence-electron chi connectivity index (χ2n) is 6.86. The summed E-state index contributed by atoms with van der Waals surface area (Å²) < 4.78 is 19.9. The standard InChI is InChI=1S/C22H24FN3O4/c1-4-24-21(12(2)27)18(28)8-5-13-15(23)6-7-16-20(13)14(22(29)26-16)11-17-19(30-3)9-10-25-17/h6-7,9-12,18,21,24-25,27-28H,4H2,1-3H3,(H,26,29)/b14-11-/t12-,18+,21+/m1/s1. The lowest BCUT2D eigenvalue weighted by molar-refractivity contribution is -0.110. The highest BCUT2D eigenvalue weighted by molar-refractivity contribution is 6.35. The number of anilines is 1. The molecule has 0 saturated heterocycles. The van der Waals surface area contributed by atoms with Crippen LogP contribution in [0.4, 0.5) is 10.1 Å². The number of hydrogen-bond donors (Lipinski definition) is 5. The Bertz CT molecular complexity index is 1030. The summed E-state index contributed by atoms with van der Waals surface area (Å²) in [6.45, 7) is 3.89. The van der Waals surface area contributed by atoms with E-state index in [4.69, 9.17) is 4.74 Å². The first-order chi connectivity index (χ1) is 14.4. The molecule has 2 aromatic rings. The third-order valence-corrected chi connectivity index (χ3v) is 4.81. The summed E-state index contributed by atoms with van der Waals surface area (Å²) >= 11 is 0. The molecule has 8 heteroatoms. The highest BCUT2D eigenvalue weighted by atomic mass is 19.1. The van der Waals surface area contributed by atoms with Gasteiger partial charge in [-0.15, -0.1) is 0 Å². The number of likely N-dealkylation sites (N-methyl/N-ethyl adjacent to an activating group) is 1. The number of rotatable bonds is 6. The Hall–Kier alpha value is -3.12. The topological polar surface area (TPSA) is 107 Å². The lowest BCUT2D eigenvalue weighted by Gasteiger charge is -2.22. The fourth-order valence-electron chi connectivity index (χ4n) is 3.35. The van der Waals surface area contributed by atoms with E-state index in [0.29, 0.717) is 29.2 Å². The Morgan fingerprint density at radius 3 is 2.77 bits per heavy atom. The van der Waals surface area contributed by atoms with E-state index in [1.807, 2.05) is 6.92 Å². The van der Waals surface area contributed by atoms with E-state index in [0.717, 1.165) is 0 Å². The van der Waals surface area contributed by atoms with Crippen LogP contribution in [0.3, 0.4) is 0 Å². The number of hydrogen-bond acceptors (Lipinski definition) is 5. The second kappa shape index (κ2) is 9.13. The molecule has 0 aliphatic carbocycles. The number of aliphatic hydroxyl groups excluding tert-OH is 2. The third-order valence-electron chi connectivity index (χ3n) is 4.81. The number of aliphatic hydroxyl groups is 2. The number of aromatic amines is 1. The summed E-state index contributed by atoms with van der Waals surface area (Å²) in [5.41, 5.74) is 1.51. The van der Waals surface area contributed by atoms with Crippen LogP contribution in [-0.4, -0.2) is 53.0 Å². The number of aromatic nitrogens is 1. The van der Waals surface area contributed by atoms with E-state index >= 15 is 0 Å². The van der Waals surface area contributed by atoms with Gasteiger partial charge in [0.15, 0.2) is 0 Å². The molecule has 1 aromatic heterocycles. The van der Waals surface area contributed by atoms with Crippen LogP contribution in [0, 0.1) is 17.7 Å². The number of halogens is 1. The van der Waals surface area contributed by atoms with Gasteiger partial charge in [0.1, 0.15) is 17.7 Å². The number of amides is 1. The number of ether oxygens (including phenoxy) is 1. The van der Waals surface area contributed by atoms with E-state index in [1.54, 1.807) is 18.3 Å². The van der Waals surface area contributed by atoms with Crippen molar-refractivity contribution in [1.82, 2.24) is 10.3 Å². The molecule has 1 amide bonds. The molecule has 158 valence electrons. The van der Waals surface area contributed by atoms with Crippen LogP contribution < -0.4 is 15.4 Å². The molecule has 30 heavy (non-hydrogen) atoms. The number of carbonyl (C=O) groups excluding carboxylic acids is 1. The minimum atomic E-state index is -1.23. The number of fused-ring (bicyclic) bond motifs is 1. The van der Waals surface area contributed by atoms with Gasteiger partial charge in [-0.1, -0.05) is 18.8 Å². The maximum Gasteiger partial charge on any atom is 0.256 e. The Morgan fingerprint density at radius 1 is 1.33 bits per heavy atom. The molecule has 1 aliphatic rings. The van der Waals surface area contributed by atoms with Crippen molar-refractivity contribution in [2.45, 2.75) is 32.1 Å². The number of H-pyrrole nitrogens is 1. The van der Waals surface area contributed by atoms with E-state index in [-0.39, 0.29) is 11.1 Å². The van der Waals surface area contributed by atoms with Gasteiger partial charge in [0.25, 0.3) is 5.91 Å². The largest absolute Gasteiger partial charge is 0.495 e. The quantitative estimate of drug-likeness (QED) is 0.366. The summed E-state index contributed by atoms with van der Waals surface area (Å²) in [6.07, 6.45) is 1.14. The van der Waals surface area contributed by atoms with Gasteiger partial charge < -0.3 is 30.6 Å². The number of benzene rings is 1. The SMILES string of the molecule is CCN[C@@H]([C@@H](C)O)[C@@H](O)C#Cc1c(F)ccc2c1/C(=C/c1[nH]ccc1OC)C(=O)N2. The van der Waals surface area contributed by atoms with Gasteiger partial charge in [-0.05, 0) is 37.7 Å². The zero-order valence-corrected chi connectivity index (χ0v) is 16.9. The van der Waals surface area contributed by atoms with Crippen molar-refractivity contribution in [3.05, 3.63) is 47.0 Å². The first-order valence-electron chi connectivity index (χ1n) is 9.55. The van der Waals surface area contributed by atoms with Crippen LogP contribution in [0.15, 0.2) is 24.4 Å². The summed E-state index contributed by atoms with van der Waals surface area (Å²) in [5, 5.41) is 25.9. The van der Waals surface area contributed by atoms with Gasteiger partial charge in [0, 0.05) is 11.8 Å². The molecule has 0 bridgehead atoms. The van der Waals surface area contributed by atoms with E-state index < -0.39 is 30.0 Å². The van der Waals surface area contributed by atoms with Gasteiger partial charge >= 0.3 is 0 Å². The molecule has 1 aliphatic heterocycles. The predicted octanol–water partition coefficient (Wildman–Crippen LogP) is 1.73. The average molecular weight is 413 g/mol. The molecule has 3 rings (SSSR count). The Morgan fingerprint density at radius 2 is 2.10 bits per heavy atom. The Labute approximate surface area is 174 Å². The number of nitrogens with one attached hydrogen (secondary N) is 3. The number of methoxy groups -OCH3 is 1.